The maximum Gasteiger partial charge on any atom is 0.263 e. The monoisotopic (exact) mass is 455 g/mol. The molecule has 1 aliphatic heterocycles. The first-order valence-electron chi connectivity index (χ1n) is 9.65. The summed E-state index contributed by atoms with van der Waals surface area (Å²) in [6.45, 7) is 2.50. The largest absolute Gasteiger partial charge is 0.481 e. The molecule has 8 heteroatoms. The third kappa shape index (κ3) is 4.81. The van der Waals surface area contributed by atoms with E-state index in [2.05, 4.69) is 10.3 Å². The zero-order valence-electron chi connectivity index (χ0n) is 16.6. The van der Waals surface area contributed by atoms with Crippen LogP contribution < -0.4 is 10.1 Å². The summed E-state index contributed by atoms with van der Waals surface area (Å²) in [5.74, 6) is 0.130. The smallest absolute Gasteiger partial charge is 0.263 e. The normalized spacial score (nSPS) is 15.6. The van der Waals surface area contributed by atoms with Crippen LogP contribution in [0.4, 0.5) is 5.69 Å². The Morgan fingerprint density at radius 3 is 2.71 bits per heavy atom. The van der Waals surface area contributed by atoms with Crippen LogP contribution in [0.3, 0.4) is 0 Å². The number of carbonyl (C=O) groups is 2. The highest BCUT2D eigenvalue weighted by atomic mass is 35.5. The minimum atomic E-state index is -0.622. The minimum Gasteiger partial charge on any atom is -0.481 e. The van der Waals surface area contributed by atoms with E-state index in [1.54, 1.807) is 54.3 Å². The lowest BCUT2D eigenvalue weighted by Gasteiger charge is -2.22. The highest BCUT2D eigenvalue weighted by molar-refractivity contribution is 6.33. The molecule has 6 nitrogen and oxygen atoms in total. The van der Waals surface area contributed by atoms with Gasteiger partial charge in [0.15, 0.2) is 6.10 Å². The van der Waals surface area contributed by atoms with E-state index in [1.807, 2.05) is 12.1 Å². The first kappa shape index (κ1) is 21.2. The fourth-order valence-electron chi connectivity index (χ4n) is 3.38. The van der Waals surface area contributed by atoms with E-state index in [1.165, 1.54) is 6.20 Å². The summed E-state index contributed by atoms with van der Waals surface area (Å²) >= 11 is 12.0. The fourth-order valence-corrected chi connectivity index (χ4v) is 3.71. The average Bonchev–Trinajstić information content (AvgIpc) is 2.86. The molecule has 1 atom stereocenters. The Balaban J connectivity index is 1.57. The summed E-state index contributed by atoms with van der Waals surface area (Å²) in [5, 5.41) is 3.60. The van der Waals surface area contributed by atoms with Gasteiger partial charge in [0.2, 0.25) is 0 Å². The highest BCUT2D eigenvalue weighted by Crippen LogP contribution is 2.30. The van der Waals surface area contributed by atoms with Crippen LogP contribution in [0.15, 0.2) is 60.8 Å². The van der Waals surface area contributed by atoms with Gasteiger partial charge in [-0.3, -0.25) is 9.59 Å². The van der Waals surface area contributed by atoms with E-state index in [4.69, 9.17) is 27.9 Å². The SMILES string of the molecule is CC1Oc2ccc(NC(=O)c3cccnc3Cl)cc2CN(Cc2ccc(Cl)cc2)C1=O. The number of fused-ring (bicyclic) bond motifs is 1. The third-order valence-electron chi connectivity index (χ3n) is 4.93. The second-order valence-electron chi connectivity index (χ2n) is 7.20. The summed E-state index contributed by atoms with van der Waals surface area (Å²) < 4.78 is 5.86. The van der Waals surface area contributed by atoms with Crippen molar-refractivity contribution >= 4 is 40.7 Å². The summed E-state index contributed by atoms with van der Waals surface area (Å²) in [6.07, 6.45) is 0.898. The van der Waals surface area contributed by atoms with Crippen molar-refractivity contribution < 1.29 is 14.3 Å². The number of amides is 2. The van der Waals surface area contributed by atoms with E-state index < -0.39 is 6.10 Å². The number of nitrogens with one attached hydrogen (secondary N) is 1. The molecule has 0 bridgehead atoms. The maximum atomic E-state index is 12.9. The number of hydrogen-bond acceptors (Lipinski definition) is 4. The molecule has 2 aromatic carbocycles. The van der Waals surface area contributed by atoms with E-state index in [0.29, 0.717) is 29.5 Å². The number of aromatic nitrogens is 1. The Hall–Kier alpha value is -3.09. The van der Waals surface area contributed by atoms with E-state index >= 15 is 0 Å². The molecule has 0 spiro atoms. The van der Waals surface area contributed by atoms with Gasteiger partial charge in [0, 0.05) is 35.6 Å². The van der Waals surface area contributed by atoms with Crippen molar-refractivity contribution in [2.24, 2.45) is 0 Å². The van der Waals surface area contributed by atoms with Crippen molar-refractivity contribution in [3.63, 3.8) is 0 Å². The minimum absolute atomic E-state index is 0.112. The van der Waals surface area contributed by atoms with Gasteiger partial charge in [-0.2, -0.15) is 0 Å². The van der Waals surface area contributed by atoms with E-state index in [0.717, 1.165) is 11.1 Å². The predicted octanol–water partition coefficient (Wildman–Crippen LogP) is 4.95. The number of nitrogens with zero attached hydrogens (tertiary/aromatic N) is 2. The van der Waals surface area contributed by atoms with Crippen molar-refractivity contribution in [1.29, 1.82) is 0 Å². The molecule has 0 saturated heterocycles. The van der Waals surface area contributed by atoms with Crippen LogP contribution in [0, 0.1) is 0 Å². The van der Waals surface area contributed by atoms with Gasteiger partial charge in [-0.05, 0) is 55.0 Å². The maximum absolute atomic E-state index is 12.9. The number of anilines is 1. The van der Waals surface area contributed by atoms with Gasteiger partial charge in [-0.1, -0.05) is 35.3 Å². The molecular weight excluding hydrogens is 437 g/mol. The van der Waals surface area contributed by atoms with Crippen molar-refractivity contribution in [1.82, 2.24) is 9.88 Å². The molecule has 0 fully saturated rings. The highest BCUT2D eigenvalue weighted by Gasteiger charge is 2.28. The van der Waals surface area contributed by atoms with Crippen LogP contribution in [-0.4, -0.2) is 27.8 Å². The Kier molecular flexibility index (Phi) is 6.11. The summed E-state index contributed by atoms with van der Waals surface area (Å²) in [4.78, 5) is 31.1. The summed E-state index contributed by atoms with van der Waals surface area (Å²) in [7, 11) is 0. The molecule has 1 aromatic heterocycles. The van der Waals surface area contributed by atoms with E-state index in [9.17, 15) is 9.59 Å². The predicted molar refractivity (Wildman–Crippen MR) is 119 cm³/mol. The van der Waals surface area contributed by atoms with Crippen LogP contribution in [-0.2, 0) is 17.9 Å². The van der Waals surface area contributed by atoms with Gasteiger partial charge in [-0.25, -0.2) is 4.98 Å². The van der Waals surface area contributed by atoms with Crippen LogP contribution in [0.25, 0.3) is 0 Å². The van der Waals surface area contributed by atoms with Crippen LogP contribution in [0.1, 0.15) is 28.4 Å². The third-order valence-corrected chi connectivity index (χ3v) is 5.49. The van der Waals surface area contributed by atoms with Crippen molar-refractivity contribution in [3.05, 3.63) is 87.7 Å². The first-order valence-corrected chi connectivity index (χ1v) is 10.4. The second kappa shape index (κ2) is 8.96. The second-order valence-corrected chi connectivity index (χ2v) is 7.99. The van der Waals surface area contributed by atoms with Crippen molar-refractivity contribution in [2.45, 2.75) is 26.1 Å². The number of halogens is 2. The summed E-state index contributed by atoms with van der Waals surface area (Å²) in [5.41, 5.74) is 2.61. The topological polar surface area (TPSA) is 71.5 Å². The average molecular weight is 456 g/mol. The molecule has 1 unspecified atom stereocenters. The fraction of sp³-hybridized carbons (Fsp3) is 0.174. The molecule has 31 heavy (non-hydrogen) atoms. The molecule has 0 radical (unpaired) electrons. The van der Waals surface area contributed by atoms with Gasteiger partial charge in [0.25, 0.3) is 11.8 Å². The number of hydrogen-bond donors (Lipinski definition) is 1. The standard InChI is InChI=1S/C23H19Cl2N3O3/c1-14-23(30)28(12-15-4-6-17(24)7-5-15)13-16-11-18(8-9-20(16)31-14)27-22(29)19-3-2-10-26-21(19)25/h2-11,14H,12-13H2,1H3,(H,27,29). The molecule has 2 amide bonds. The lowest BCUT2D eigenvalue weighted by atomic mass is 10.1. The van der Waals surface area contributed by atoms with Gasteiger partial charge >= 0.3 is 0 Å². The zero-order chi connectivity index (χ0) is 22.0. The van der Waals surface area contributed by atoms with Crippen LogP contribution in [0.5, 0.6) is 5.75 Å². The Bertz CT molecular complexity index is 1140. The molecule has 2 heterocycles. The lowest BCUT2D eigenvalue weighted by Crippen LogP contribution is -2.37. The van der Waals surface area contributed by atoms with Crippen LogP contribution >= 0.6 is 23.2 Å². The molecular formula is C23H19Cl2N3O3. The van der Waals surface area contributed by atoms with Gasteiger partial charge < -0.3 is 15.0 Å². The number of benzene rings is 2. The number of carbonyl (C=O) groups excluding carboxylic acids is 2. The quantitative estimate of drug-likeness (QED) is 0.564. The molecule has 1 N–H and O–H groups in total. The van der Waals surface area contributed by atoms with Crippen LogP contribution in [0.2, 0.25) is 10.2 Å². The zero-order valence-corrected chi connectivity index (χ0v) is 18.2. The van der Waals surface area contributed by atoms with Crippen molar-refractivity contribution in [2.75, 3.05) is 5.32 Å². The molecule has 0 saturated carbocycles. The Labute approximate surface area is 189 Å². The van der Waals surface area contributed by atoms with Gasteiger partial charge in [0.1, 0.15) is 10.9 Å². The van der Waals surface area contributed by atoms with Gasteiger partial charge in [0.05, 0.1) is 5.56 Å². The number of ether oxygens (including phenoxy) is 1. The molecule has 158 valence electrons. The van der Waals surface area contributed by atoms with E-state index in [-0.39, 0.29) is 22.5 Å². The van der Waals surface area contributed by atoms with Gasteiger partial charge in [-0.15, -0.1) is 0 Å². The molecule has 0 aliphatic carbocycles. The molecule has 1 aliphatic rings. The number of rotatable bonds is 4. The summed E-state index contributed by atoms with van der Waals surface area (Å²) in [6, 6.07) is 15.9. The molecule has 3 aromatic rings. The van der Waals surface area contributed by atoms with Crippen molar-refractivity contribution in [3.8, 4) is 5.75 Å². The first-order chi connectivity index (χ1) is 14.9. The Morgan fingerprint density at radius 2 is 1.97 bits per heavy atom. The number of pyridine rings is 1. The lowest BCUT2D eigenvalue weighted by molar-refractivity contribution is -0.138. The Morgan fingerprint density at radius 1 is 1.19 bits per heavy atom. The molecule has 4 rings (SSSR count).